The van der Waals surface area contributed by atoms with Gasteiger partial charge in [0.05, 0.1) is 26.3 Å². The number of nitrogens with zero attached hydrogens (tertiary/aromatic N) is 3. The highest BCUT2D eigenvalue weighted by Gasteiger charge is 2.16. The van der Waals surface area contributed by atoms with Gasteiger partial charge < -0.3 is 9.75 Å². The first-order valence-electron chi connectivity index (χ1n) is 5.64. The van der Waals surface area contributed by atoms with Gasteiger partial charge in [0.15, 0.2) is 11.9 Å². The average Bonchev–Trinajstić information content (AvgIpc) is 2.78. The van der Waals surface area contributed by atoms with E-state index in [4.69, 9.17) is 4.74 Å². The first kappa shape index (κ1) is 10.3. The van der Waals surface area contributed by atoms with E-state index in [0.717, 1.165) is 30.4 Å². The molecule has 1 saturated heterocycles. The smallest absolute Gasteiger partial charge is 0.159 e. The van der Waals surface area contributed by atoms with Crippen molar-refractivity contribution in [3.63, 3.8) is 0 Å². The maximum absolute atomic E-state index is 11.0. The maximum Gasteiger partial charge on any atom is 0.159 e. The second-order valence-electron chi connectivity index (χ2n) is 3.99. The number of ether oxygens (including phenoxy) is 1. The Morgan fingerprint density at radius 2 is 2.18 bits per heavy atom. The normalized spacial score (nSPS) is 16.4. The zero-order valence-electron chi connectivity index (χ0n) is 9.37. The number of aromatic nitrogens is 2. The standard InChI is InChI=1S/C12H13N3O2/c16-9-10-8-15(14-4-6-17-7-5-14)12-11(10)2-1-3-13-12/h1-3,8-9H,4-7H2. The lowest BCUT2D eigenvalue weighted by Gasteiger charge is -2.29. The molecule has 0 N–H and O–H groups in total. The Labute approximate surface area is 98.6 Å². The van der Waals surface area contributed by atoms with Crippen molar-refractivity contribution in [1.29, 1.82) is 0 Å². The van der Waals surface area contributed by atoms with Crippen molar-refractivity contribution in [3.05, 3.63) is 30.1 Å². The number of hydrogen-bond donors (Lipinski definition) is 0. The van der Waals surface area contributed by atoms with E-state index >= 15 is 0 Å². The molecule has 3 heterocycles. The molecule has 0 radical (unpaired) electrons. The summed E-state index contributed by atoms with van der Waals surface area (Å²) in [5, 5.41) is 3.04. The van der Waals surface area contributed by atoms with Gasteiger partial charge in [0.1, 0.15) is 0 Å². The lowest BCUT2D eigenvalue weighted by molar-refractivity contribution is 0.111. The third kappa shape index (κ3) is 1.68. The molecule has 1 aliphatic heterocycles. The summed E-state index contributed by atoms with van der Waals surface area (Å²) in [7, 11) is 0. The Balaban J connectivity index is 2.11. The summed E-state index contributed by atoms with van der Waals surface area (Å²) in [6.45, 7) is 3.06. The molecule has 3 rings (SSSR count). The molecule has 0 atom stereocenters. The molecular weight excluding hydrogens is 218 g/mol. The monoisotopic (exact) mass is 231 g/mol. The van der Waals surface area contributed by atoms with Crippen LogP contribution >= 0.6 is 0 Å². The lowest BCUT2D eigenvalue weighted by Crippen LogP contribution is -2.43. The molecular formula is C12H13N3O2. The molecule has 2 aromatic rings. The Hall–Kier alpha value is -1.88. The number of aldehydes is 1. The molecule has 0 aromatic carbocycles. The van der Waals surface area contributed by atoms with Crippen molar-refractivity contribution in [2.45, 2.75) is 0 Å². The van der Waals surface area contributed by atoms with Crippen LogP contribution in [0.1, 0.15) is 10.4 Å². The number of carbonyl (C=O) groups is 1. The minimum absolute atomic E-state index is 0.680. The average molecular weight is 231 g/mol. The van der Waals surface area contributed by atoms with Crippen LogP contribution in [0.25, 0.3) is 11.0 Å². The Bertz CT molecular complexity index is 544. The molecule has 0 bridgehead atoms. The Morgan fingerprint density at radius 1 is 1.35 bits per heavy atom. The largest absolute Gasteiger partial charge is 0.378 e. The summed E-state index contributed by atoms with van der Waals surface area (Å²) < 4.78 is 7.28. The molecule has 0 amide bonds. The third-order valence-corrected chi connectivity index (χ3v) is 3.00. The zero-order chi connectivity index (χ0) is 11.7. The van der Waals surface area contributed by atoms with Crippen molar-refractivity contribution in [3.8, 4) is 0 Å². The highest BCUT2D eigenvalue weighted by molar-refractivity contribution is 5.96. The van der Waals surface area contributed by atoms with Crippen molar-refractivity contribution in [2.75, 3.05) is 31.3 Å². The Kier molecular flexibility index (Phi) is 2.53. The number of pyridine rings is 1. The van der Waals surface area contributed by atoms with Crippen molar-refractivity contribution in [1.82, 2.24) is 9.66 Å². The molecule has 5 heteroatoms. The van der Waals surface area contributed by atoms with Gasteiger partial charge in [0.25, 0.3) is 0 Å². The van der Waals surface area contributed by atoms with E-state index in [9.17, 15) is 4.79 Å². The van der Waals surface area contributed by atoms with Gasteiger partial charge in [0, 0.05) is 23.3 Å². The summed E-state index contributed by atoms with van der Waals surface area (Å²) in [6.07, 6.45) is 4.46. The second kappa shape index (κ2) is 4.18. The van der Waals surface area contributed by atoms with Crippen LogP contribution in [-0.2, 0) is 4.74 Å². The van der Waals surface area contributed by atoms with E-state index in [1.807, 2.05) is 23.0 Å². The van der Waals surface area contributed by atoms with E-state index in [2.05, 4.69) is 9.99 Å². The van der Waals surface area contributed by atoms with Crippen molar-refractivity contribution in [2.24, 2.45) is 0 Å². The molecule has 0 spiro atoms. The predicted octanol–water partition coefficient (Wildman–Crippen LogP) is 0.817. The molecule has 88 valence electrons. The number of carbonyl (C=O) groups excluding carboxylic acids is 1. The van der Waals surface area contributed by atoms with Gasteiger partial charge >= 0.3 is 0 Å². The third-order valence-electron chi connectivity index (χ3n) is 3.00. The fraction of sp³-hybridized carbons (Fsp3) is 0.333. The van der Waals surface area contributed by atoms with Crippen LogP contribution < -0.4 is 5.01 Å². The van der Waals surface area contributed by atoms with Crippen LogP contribution in [-0.4, -0.2) is 42.2 Å². The van der Waals surface area contributed by atoms with Crippen LogP contribution in [0, 0.1) is 0 Å². The van der Waals surface area contributed by atoms with E-state index in [1.165, 1.54) is 0 Å². The number of morpholine rings is 1. The summed E-state index contributed by atoms with van der Waals surface area (Å²) >= 11 is 0. The summed E-state index contributed by atoms with van der Waals surface area (Å²) in [6, 6.07) is 3.77. The first-order chi connectivity index (χ1) is 8.40. The quantitative estimate of drug-likeness (QED) is 0.718. The second-order valence-corrected chi connectivity index (χ2v) is 3.99. The van der Waals surface area contributed by atoms with Gasteiger partial charge in [-0.1, -0.05) is 0 Å². The highest BCUT2D eigenvalue weighted by atomic mass is 16.5. The maximum atomic E-state index is 11.0. The summed E-state index contributed by atoms with van der Waals surface area (Å²) in [5.74, 6) is 0. The molecule has 1 fully saturated rings. The molecule has 1 aliphatic rings. The van der Waals surface area contributed by atoms with E-state index in [0.29, 0.717) is 18.8 Å². The molecule has 17 heavy (non-hydrogen) atoms. The first-order valence-corrected chi connectivity index (χ1v) is 5.64. The summed E-state index contributed by atoms with van der Waals surface area (Å²) in [4.78, 5) is 15.4. The minimum Gasteiger partial charge on any atom is -0.378 e. The fourth-order valence-corrected chi connectivity index (χ4v) is 2.15. The molecule has 2 aromatic heterocycles. The Morgan fingerprint density at radius 3 is 2.94 bits per heavy atom. The van der Waals surface area contributed by atoms with Gasteiger partial charge in [-0.3, -0.25) is 4.79 Å². The van der Waals surface area contributed by atoms with Crippen LogP contribution in [0.4, 0.5) is 0 Å². The summed E-state index contributed by atoms with van der Waals surface area (Å²) in [5.41, 5.74) is 1.51. The zero-order valence-corrected chi connectivity index (χ0v) is 9.37. The molecule has 0 aliphatic carbocycles. The number of hydrogen-bond acceptors (Lipinski definition) is 4. The molecule has 5 nitrogen and oxygen atoms in total. The number of rotatable bonds is 2. The van der Waals surface area contributed by atoms with Crippen molar-refractivity contribution < 1.29 is 9.53 Å². The topological polar surface area (TPSA) is 47.4 Å². The minimum atomic E-state index is 0.680. The number of fused-ring (bicyclic) bond motifs is 1. The van der Waals surface area contributed by atoms with Gasteiger partial charge in [-0.25, -0.2) is 9.66 Å². The van der Waals surface area contributed by atoms with Crippen LogP contribution in [0.5, 0.6) is 0 Å². The van der Waals surface area contributed by atoms with Crippen LogP contribution in [0.2, 0.25) is 0 Å². The van der Waals surface area contributed by atoms with Gasteiger partial charge in [-0.15, -0.1) is 0 Å². The lowest BCUT2D eigenvalue weighted by atomic mass is 10.2. The van der Waals surface area contributed by atoms with Gasteiger partial charge in [-0.2, -0.15) is 0 Å². The van der Waals surface area contributed by atoms with E-state index < -0.39 is 0 Å². The van der Waals surface area contributed by atoms with Crippen molar-refractivity contribution >= 4 is 17.3 Å². The van der Waals surface area contributed by atoms with Gasteiger partial charge in [0.2, 0.25) is 0 Å². The molecule has 0 saturated carbocycles. The fourth-order valence-electron chi connectivity index (χ4n) is 2.15. The SMILES string of the molecule is O=Cc1cn(N2CCOCC2)c2ncccc12. The predicted molar refractivity (Wildman–Crippen MR) is 63.9 cm³/mol. The molecule has 0 unspecified atom stereocenters. The van der Waals surface area contributed by atoms with Gasteiger partial charge in [-0.05, 0) is 12.1 Å². The van der Waals surface area contributed by atoms with Crippen LogP contribution in [0.3, 0.4) is 0 Å². The van der Waals surface area contributed by atoms with E-state index in [-0.39, 0.29) is 0 Å². The van der Waals surface area contributed by atoms with E-state index in [1.54, 1.807) is 6.20 Å². The highest BCUT2D eigenvalue weighted by Crippen LogP contribution is 2.18. The van der Waals surface area contributed by atoms with Crippen LogP contribution in [0.15, 0.2) is 24.5 Å².